The van der Waals surface area contributed by atoms with Gasteiger partial charge in [-0.15, -0.1) is 11.3 Å². The summed E-state index contributed by atoms with van der Waals surface area (Å²) in [6.07, 6.45) is -0.798. The fourth-order valence-corrected chi connectivity index (χ4v) is 1.69. The van der Waals surface area contributed by atoms with Gasteiger partial charge in [-0.2, -0.15) is 0 Å². The third-order valence-electron chi connectivity index (χ3n) is 1.46. The van der Waals surface area contributed by atoms with Gasteiger partial charge in [-0.3, -0.25) is 4.84 Å². The zero-order valence-electron chi connectivity index (χ0n) is 6.43. The number of aliphatic hydroxyl groups excluding tert-OH is 2. The van der Waals surface area contributed by atoms with Crippen LogP contribution in [0.1, 0.15) is 16.5 Å². The first-order valence-electron chi connectivity index (χ1n) is 3.46. The van der Waals surface area contributed by atoms with E-state index >= 15 is 0 Å². The molecule has 1 atom stereocenters. The summed E-state index contributed by atoms with van der Waals surface area (Å²) in [5, 5.41) is 19.6. The Balaban J connectivity index is 2.63. The predicted octanol–water partition coefficient (Wildman–Crippen LogP) is 0.164. The van der Waals surface area contributed by atoms with Crippen molar-refractivity contribution in [3.05, 3.63) is 21.9 Å². The van der Waals surface area contributed by atoms with Gasteiger partial charge < -0.3 is 10.2 Å². The molecule has 5 heteroatoms. The first kappa shape index (κ1) is 9.63. The van der Waals surface area contributed by atoms with Gasteiger partial charge in [-0.05, 0) is 17.0 Å². The maximum absolute atomic E-state index is 9.20. The predicted molar refractivity (Wildman–Crippen MR) is 45.3 cm³/mol. The van der Waals surface area contributed by atoms with Crippen LogP contribution in [0.4, 0.5) is 0 Å². The molecular weight excluding hydrogens is 178 g/mol. The van der Waals surface area contributed by atoms with Crippen LogP contribution in [-0.2, 0) is 11.4 Å². The van der Waals surface area contributed by atoms with Gasteiger partial charge >= 0.3 is 0 Å². The Morgan fingerprint density at radius 3 is 3.00 bits per heavy atom. The molecule has 1 heterocycles. The Kier molecular flexibility index (Phi) is 3.64. The molecule has 0 aliphatic carbocycles. The fraction of sp³-hybridized carbons (Fsp3) is 0.429. The summed E-state index contributed by atoms with van der Waals surface area (Å²) in [4.78, 5) is 5.35. The Morgan fingerprint density at radius 1 is 1.67 bits per heavy atom. The van der Waals surface area contributed by atoms with Crippen LogP contribution in [0.25, 0.3) is 0 Å². The van der Waals surface area contributed by atoms with Crippen molar-refractivity contribution in [2.24, 2.45) is 5.90 Å². The van der Waals surface area contributed by atoms with Crippen molar-refractivity contribution in [3.8, 4) is 0 Å². The maximum atomic E-state index is 9.20. The average molecular weight is 189 g/mol. The van der Waals surface area contributed by atoms with E-state index in [0.29, 0.717) is 12.2 Å². The quantitative estimate of drug-likeness (QED) is 0.590. The van der Waals surface area contributed by atoms with Gasteiger partial charge in [-0.1, -0.05) is 0 Å². The van der Waals surface area contributed by atoms with Crippen LogP contribution < -0.4 is 5.90 Å². The lowest BCUT2D eigenvalue weighted by molar-refractivity contribution is 0.0955. The standard InChI is InChI=1S/C7H11NO3S/c8-11-3-6-1-5(4-12-6)7(10)2-9/h1,4,7,9-10H,2-3,8H2. The molecule has 0 saturated carbocycles. The smallest absolute Gasteiger partial charge is 0.103 e. The van der Waals surface area contributed by atoms with Crippen molar-refractivity contribution in [3.63, 3.8) is 0 Å². The average Bonchev–Trinajstić information content (AvgIpc) is 2.52. The fourth-order valence-electron chi connectivity index (χ4n) is 0.836. The van der Waals surface area contributed by atoms with Crippen molar-refractivity contribution in [2.45, 2.75) is 12.7 Å². The van der Waals surface area contributed by atoms with Gasteiger partial charge in [0.1, 0.15) is 12.7 Å². The van der Waals surface area contributed by atoms with E-state index in [9.17, 15) is 5.11 Å². The molecule has 1 rings (SSSR count). The molecule has 0 saturated heterocycles. The SMILES string of the molecule is NOCc1cc(C(O)CO)cs1. The van der Waals surface area contributed by atoms with Gasteiger partial charge in [0.2, 0.25) is 0 Å². The Morgan fingerprint density at radius 2 is 2.42 bits per heavy atom. The second-order valence-corrected chi connectivity index (χ2v) is 3.35. The molecule has 1 unspecified atom stereocenters. The molecule has 0 radical (unpaired) electrons. The molecular formula is C7H11NO3S. The summed E-state index contributed by atoms with van der Waals surface area (Å²) in [5.41, 5.74) is 0.703. The van der Waals surface area contributed by atoms with Crippen LogP contribution in [0.2, 0.25) is 0 Å². The van der Waals surface area contributed by atoms with Crippen LogP contribution in [0, 0.1) is 0 Å². The van der Waals surface area contributed by atoms with Gasteiger partial charge in [0, 0.05) is 4.88 Å². The third kappa shape index (κ3) is 2.26. The summed E-state index contributed by atoms with van der Waals surface area (Å²) in [6.45, 7) is 0.0719. The minimum atomic E-state index is -0.798. The highest BCUT2D eigenvalue weighted by Gasteiger charge is 2.07. The lowest BCUT2D eigenvalue weighted by Gasteiger charge is -2.01. The van der Waals surface area contributed by atoms with Crippen LogP contribution in [0.15, 0.2) is 11.4 Å². The van der Waals surface area contributed by atoms with E-state index in [1.165, 1.54) is 11.3 Å². The minimum Gasteiger partial charge on any atom is -0.393 e. The Hall–Kier alpha value is -0.460. The molecule has 0 spiro atoms. The Bertz CT molecular complexity index is 238. The van der Waals surface area contributed by atoms with E-state index in [2.05, 4.69) is 4.84 Å². The first-order chi connectivity index (χ1) is 5.77. The normalized spacial score (nSPS) is 13.2. The lowest BCUT2D eigenvalue weighted by atomic mass is 10.2. The molecule has 12 heavy (non-hydrogen) atoms. The number of rotatable bonds is 4. The van der Waals surface area contributed by atoms with Gasteiger partial charge in [0.25, 0.3) is 0 Å². The minimum absolute atomic E-state index is 0.264. The molecule has 1 aromatic rings. The number of aliphatic hydroxyl groups is 2. The van der Waals surface area contributed by atoms with E-state index in [1.807, 2.05) is 0 Å². The van der Waals surface area contributed by atoms with Gasteiger partial charge in [-0.25, -0.2) is 5.90 Å². The summed E-state index contributed by atoms with van der Waals surface area (Å²) in [7, 11) is 0. The number of hydrogen-bond acceptors (Lipinski definition) is 5. The molecule has 0 aliphatic heterocycles. The third-order valence-corrected chi connectivity index (χ3v) is 2.39. The van der Waals surface area contributed by atoms with Crippen LogP contribution >= 0.6 is 11.3 Å². The zero-order chi connectivity index (χ0) is 8.97. The van der Waals surface area contributed by atoms with Crippen molar-refractivity contribution < 1.29 is 15.1 Å². The number of nitrogens with two attached hydrogens (primary N) is 1. The van der Waals surface area contributed by atoms with Crippen molar-refractivity contribution in [1.29, 1.82) is 0 Å². The summed E-state index contributed by atoms with van der Waals surface area (Å²) >= 11 is 1.44. The molecule has 1 aromatic heterocycles. The van der Waals surface area contributed by atoms with Crippen molar-refractivity contribution in [2.75, 3.05) is 6.61 Å². The summed E-state index contributed by atoms with van der Waals surface area (Å²) in [6, 6.07) is 1.76. The second-order valence-electron chi connectivity index (χ2n) is 2.36. The zero-order valence-corrected chi connectivity index (χ0v) is 7.25. The molecule has 0 amide bonds. The highest BCUT2D eigenvalue weighted by atomic mass is 32.1. The molecule has 4 N–H and O–H groups in total. The molecule has 0 aliphatic rings. The van der Waals surface area contributed by atoms with Gasteiger partial charge in [0.15, 0.2) is 0 Å². The Labute approximate surface area is 74.2 Å². The molecule has 0 fully saturated rings. The van der Waals surface area contributed by atoms with E-state index in [-0.39, 0.29) is 6.61 Å². The van der Waals surface area contributed by atoms with Crippen LogP contribution in [0.5, 0.6) is 0 Å². The van der Waals surface area contributed by atoms with E-state index < -0.39 is 6.10 Å². The molecule has 0 aromatic carbocycles. The van der Waals surface area contributed by atoms with Crippen LogP contribution in [0.3, 0.4) is 0 Å². The molecule has 4 nitrogen and oxygen atoms in total. The maximum Gasteiger partial charge on any atom is 0.103 e. The van der Waals surface area contributed by atoms with E-state index in [4.69, 9.17) is 11.0 Å². The molecule has 68 valence electrons. The highest BCUT2D eigenvalue weighted by Crippen LogP contribution is 2.20. The lowest BCUT2D eigenvalue weighted by Crippen LogP contribution is -2.00. The van der Waals surface area contributed by atoms with Crippen LogP contribution in [-0.4, -0.2) is 16.8 Å². The number of hydrogen-bond donors (Lipinski definition) is 3. The van der Waals surface area contributed by atoms with E-state index in [0.717, 1.165) is 4.88 Å². The summed E-state index contributed by atoms with van der Waals surface area (Å²) in [5.74, 6) is 4.87. The monoisotopic (exact) mass is 189 g/mol. The topological polar surface area (TPSA) is 75.7 Å². The largest absolute Gasteiger partial charge is 0.393 e. The van der Waals surface area contributed by atoms with Gasteiger partial charge in [0.05, 0.1) is 6.61 Å². The molecule has 0 bridgehead atoms. The van der Waals surface area contributed by atoms with Crippen molar-refractivity contribution in [1.82, 2.24) is 0 Å². The first-order valence-corrected chi connectivity index (χ1v) is 4.33. The second kappa shape index (κ2) is 4.54. The summed E-state index contributed by atoms with van der Waals surface area (Å²) < 4.78 is 0. The van der Waals surface area contributed by atoms with E-state index in [1.54, 1.807) is 11.4 Å². The number of thiophene rings is 1. The van der Waals surface area contributed by atoms with Crippen molar-refractivity contribution >= 4 is 11.3 Å². The highest BCUT2D eigenvalue weighted by molar-refractivity contribution is 7.10.